The maximum atomic E-state index is 12.5. The van der Waals surface area contributed by atoms with Gasteiger partial charge in [0.15, 0.2) is 0 Å². The molecule has 6 heteroatoms. The normalized spacial score (nSPS) is 29.4. The molecule has 0 aliphatic carbocycles. The second-order valence-electron chi connectivity index (χ2n) is 8.83. The van der Waals surface area contributed by atoms with E-state index in [1.54, 1.807) is 11.3 Å². The molecule has 156 valence electrons. The van der Waals surface area contributed by atoms with Crippen molar-refractivity contribution < 1.29 is 9.21 Å². The van der Waals surface area contributed by atoms with Crippen molar-refractivity contribution in [2.75, 3.05) is 26.2 Å². The summed E-state index contributed by atoms with van der Waals surface area (Å²) in [6.07, 6.45) is 6.46. The third-order valence-corrected chi connectivity index (χ3v) is 7.94. The lowest BCUT2D eigenvalue weighted by molar-refractivity contribution is -0.122. The van der Waals surface area contributed by atoms with E-state index in [4.69, 9.17) is 4.42 Å². The smallest absolute Gasteiger partial charge is 0.220 e. The Bertz CT molecular complexity index is 818. The summed E-state index contributed by atoms with van der Waals surface area (Å²) in [4.78, 5) is 16.4. The summed E-state index contributed by atoms with van der Waals surface area (Å²) in [5.41, 5.74) is 0. The van der Waals surface area contributed by atoms with E-state index in [1.807, 2.05) is 23.6 Å². The van der Waals surface area contributed by atoms with Gasteiger partial charge in [0.1, 0.15) is 11.5 Å². The fourth-order valence-corrected chi connectivity index (χ4v) is 6.34. The van der Waals surface area contributed by atoms with Crippen LogP contribution in [0.5, 0.6) is 0 Å². The van der Waals surface area contributed by atoms with Gasteiger partial charge < -0.3 is 15.1 Å². The van der Waals surface area contributed by atoms with E-state index in [0.717, 1.165) is 35.4 Å². The van der Waals surface area contributed by atoms with Crippen LogP contribution in [0.3, 0.4) is 0 Å². The van der Waals surface area contributed by atoms with E-state index in [9.17, 15) is 4.79 Å². The molecule has 1 amide bonds. The largest absolute Gasteiger partial charge is 0.460 e. The number of furan rings is 1. The van der Waals surface area contributed by atoms with Crippen molar-refractivity contribution in [3.8, 4) is 10.6 Å². The third kappa shape index (κ3) is 4.16. The Kier molecular flexibility index (Phi) is 5.75. The number of nitrogens with zero attached hydrogens (tertiary/aromatic N) is 1. The van der Waals surface area contributed by atoms with Gasteiger partial charge in [0.05, 0.1) is 4.88 Å². The average molecular weight is 414 g/mol. The molecule has 2 N–H and O–H groups in total. The number of piperidine rings is 3. The van der Waals surface area contributed by atoms with Crippen LogP contribution in [0.4, 0.5) is 0 Å². The third-order valence-electron chi connectivity index (χ3n) is 7.06. The molecule has 2 bridgehead atoms. The average Bonchev–Trinajstić information content (AvgIpc) is 3.44. The highest BCUT2D eigenvalue weighted by Gasteiger charge is 2.45. The van der Waals surface area contributed by atoms with Gasteiger partial charge in [0.2, 0.25) is 5.91 Å². The van der Waals surface area contributed by atoms with Gasteiger partial charge in [-0.05, 0) is 74.3 Å². The number of fused-ring (bicyclic) bond motifs is 4. The molecule has 3 aliphatic heterocycles. The lowest BCUT2D eigenvalue weighted by Crippen LogP contribution is -2.65. The van der Waals surface area contributed by atoms with Gasteiger partial charge in [-0.25, -0.2) is 0 Å². The fraction of sp³-hybridized carbons (Fsp3) is 0.609. The van der Waals surface area contributed by atoms with Crippen molar-refractivity contribution in [1.82, 2.24) is 15.5 Å². The molecule has 0 saturated carbocycles. The van der Waals surface area contributed by atoms with E-state index in [0.29, 0.717) is 30.8 Å². The van der Waals surface area contributed by atoms with Crippen LogP contribution in [0.2, 0.25) is 0 Å². The van der Waals surface area contributed by atoms with Gasteiger partial charge in [-0.3, -0.25) is 9.69 Å². The Hall–Kier alpha value is -1.63. The van der Waals surface area contributed by atoms with E-state index < -0.39 is 0 Å². The van der Waals surface area contributed by atoms with E-state index in [1.165, 1.54) is 38.8 Å². The van der Waals surface area contributed by atoms with E-state index >= 15 is 0 Å². The zero-order valence-corrected chi connectivity index (χ0v) is 17.8. The lowest BCUT2D eigenvalue weighted by atomic mass is 9.73. The zero-order chi connectivity index (χ0) is 19.6. The van der Waals surface area contributed by atoms with E-state index in [2.05, 4.69) is 21.6 Å². The molecule has 2 aromatic heterocycles. The summed E-state index contributed by atoms with van der Waals surface area (Å²) in [5.74, 6) is 3.39. The second-order valence-corrected chi connectivity index (χ2v) is 9.78. The number of hydrogen-bond acceptors (Lipinski definition) is 5. The van der Waals surface area contributed by atoms with Crippen LogP contribution in [-0.4, -0.2) is 49.1 Å². The molecule has 5 rings (SSSR count). The maximum Gasteiger partial charge on any atom is 0.220 e. The molecule has 0 radical (unpaired) electrons. The topological polar surface area (TPSA) is 57.5 Å². The number of hydrogen-bond donors (Lipinski definition) is 2. The molecule has 29 heavy (non-hydrogen) atoms. The van der Waals surface area contributed by atoms with Crippen LogP contribution < -0.4 is 10.6 Å². The molecule has 0 spiro atoms. The van der Waals surface area contributed by atoms with Crippen molar-refractivity contribution in [3.63, 3.8) is 0 Å². The molecule has 2 aromatic rings. The van der Waals surface area contributed by atoms with Crippen LogP contribution in [0, 0.1) is 11.8 Å². The second kappa shape index (κ2) is 8.62. The number of carbonyl (C=O) groups excluding carboxylic acids is 1. The first-order chi connectivity index (χ1) is 14.3. The first-order valence-corrected chi connectivity index (χ1v) is 12.0. The quantitative estimate of drug-likeness (QED) is 0.761. The highest BCUT2D eigenvalue weighted by molar-refractivity contribution is 7.13. The predicted octanol–water partition coefficient (Wildman–Crippen LogP) is 3.52. The fourth-order valence-electron chi connectivity index (χ4n) is 5.66. The summed E-state index contributed by atoms with van der Waals surface area (Å²) in [5, 5.41) is 8.94. The standard InChI is InChI=1S/C23H31N3O2S/c27-23(9-7-18-6-8-21(28-18)22-5-3-11-29-22)25-15-20-17-12-16(13-24-14-17)19-4-1-2-10-26(19)20/h3,5-6,8,11,16-17,19-20,24H,1-2,4,7,9-10,12-15H2,(H,25,27)/t16-,17+,19+,20+/m1/s1. The number of amides is 1. The van der Waals surface area contributed by atoms with Crippen molar-refractivity contribution in [2.24, 2.45) is 11.8 Å². The Labute approximate surface area is 176 Å². The van der Waals surface area contributed by atoms with Crippen LogP contribution >= 0.6 is 11.3 Å². The van der Waals surface area contributed by atoms with Crippen LogP contribution in [-0.2, 0) is 11.2 Å². The first kappa shape index (κ1) is 19.3. The summed E-state index contributed by atoms with van der Waals surface area (Å²) in [7, 11) is 0. The highest BCUT2D eigenvalue weighted by atomic mass is 32.1. The summed E-state index contributed by atoms with van der Waals surface area (Å²) in [6, 6.07) is 9.29. The maximum absolute atomic E-state index is 12.5. The number of aryl methyl sites for hydroxylation is 1. The molecule has 5 nitrogen and oxygen atoms in total. The van der Waals surface area contributed by atoms with Crippen LogP contribution in [0.1, 0.15) is 37.9 Å². The van der Waals surface area contributed by atoms with Gasteiger partial charge in [-0.2, -0.15) is 0 Å². The number of nitrogens with one attached hydrogen (secondary N) is 2. The molecule has 3 fully saturated rings. The molecular formula is C23H31N3O2S. The Morgan fingerprint density at radius 1 is 1.24 bits per heavy atom. The molecule has 3 aliphatic rings. The predicted molar refractivity (Wildman–Crippen MR) is 116 cm³/mol. The highest BCUT2D eigenvalue weighted by Crippen LogP contribution is 2.38. The summed E-state index contributed by atoms with van der Waals surface area (Å²) >= 11 is 1.67. The van der Waals surface area contributed by atoms with Gasteiger partial charge in [0.25, 0.3) is 0 Å². The first-order valence-electron chi connectivity index (χ1n) is 11.1. The molecule has 5 heterocycles. The van der Waals surface area contributed by atoms with Gasteiger partial charge in [0, 0.05) is 31.5 Å². The monoisotopic (exact) mass is 413 g/mol. The van der Waals surface area contributed by atoms with Gasteiger partial charge in [-0.15, -0.1) is 11.3 Å². The molecule has 0 aromatic carbocycles. The molecule has 3 saturated heterocycles. The van der Waals surface area contributed by atoms with Gasteiger partial charge >= 0.3 is 0 Å². The van der Waals surface area contributed by atoms with Gasteiger partial charge in [-0.1, -0.05) is 12.5 Å². The Balaban J connectivity index is 1.14. The number of rotatable bonds is 6. The summed E-state index contributed by atoms with van der Waals surface area (Å²) in [6.45, 7) is 4.26. The summed E-state index contributed by atoms with van der Waals surface area (Å²) < 4.78 is 5.91. The van der Waals surface area contributed by atoms with Crippen LogP contribution in [0.15, 0.2) is 34.1 Å². The zero-order valence-electron chi connectivity index (χ0n) is 16.9. The van der Waals surface area contributed by atoms with Crippen molar-refractivity contribution in [3.05, 3.63) is 35.4 Å². The Morgan fingerprint density at radius 2 is 2.17 bits per heavy atom. The van der Waals surface area contributed by atoms with Crippen molar-refractivity contribution in [1.29, 1.82) is 0 Å². The Morgan fingerprint density at radius 3 is 3.07 bits per heavy atom. The number of thiophene rings is 1. The molecular weight excluding hydrogens is 382 g/mol. The molecule has 4 atom stereocenters. The van der Waals surface area contributed by atoms with Crippen molar-refractivity contribution >= 4 is 17.2 Å². The minimum atomic E-state index is 0.138. The van der Waals surface area contributed by atoms with Crippen molar-refractivity contribution in [2.45, 2.75) is 50.6 Å². The number of carbonyl (C=O) groups is 1. The van der Waals surface area contributed by atoms with Crippen LogP contribution in [0.25, 0.3) is 10.6 Å². The minimum Gasteiger partial charge on any atom is -0.460 e. The SMILES string of the molecule is O=C(CCc1ccc(-c2cccs2)o1)NC[C@H]1[C@@H]2CNC[C@@H](C2)[C@@H]2CCCCN21. The molecule has 0 unspecified atom stereocenters. The lowest BCUT2D eigenvalue weighted by Gasteiger charge is -2.55. The van der Waals surface area contributed by atoms with E-state index in [-0.39, 0.29) is 5.91 Å². The minimum absolute atomic E-state index is 0.138.